The molecule has 1 aliphatic rings. The van der Waals surface area contributed by atoms with E-state index < -0.39 is 6.10 Å². The monoisotopic (exact) mass is 343 g/mol. The summed E-state index contributed by atoms with van der Waals surface area (Å²) in [6.07, 6.45) is 3.29. The predicted molar refractivity (Wildman–Crippen MR) is 91.3 cm³/mol. The number of benzene rings is 1. The maximum absolute atomic E-state index is 11.9. The molecule has 25 heavy (non-hydrogen) atoms. The minimum absolute atomic E-state index is 0.213. The minimum Gasteiger partial charge on any atom is -0.485 e. The van der Waals surface area contributed by atoms with Gasteiger partial charge in [-0.2, -0.15) is 4.98 Å². The standard InChI is InChI=1S/C18H21N3O4/c1-3-10-23-12(2)17(22)19-14-6-8-15(9-7-14)24-11-16-20-18(25-21-16)13-4-5-13/h3,6-9,12-13H,1,4-5,10-11H2,2H3,(H,19,22). The first kappa shape index (κ1) is 17.2. The van der Waals surface area contributed by atoms with Crippen LogP contribution in [-0.4, -0.2) is 28.8 Å². The Balaban J connectivity index is 1.47. The van der Waals surface area contributed by atoms with Gasteiger partial charge in [0.25, 0.3) is 5.91 Å². The van der Waals surface area contributed by atoms with E-state index in [0.29, 0.717) is 35.7 Å². The van der Waals surface area contributed by atoms with E-state index in [9.17, 15) is 4.79 Å². The van der Waals surface area contributed by atoms with E-state index in [1.54, 1.807) is 37.3 Å². The summed E-state index contributed by atoms with van der Waals surface area (Å²) in [5.74, 6) is 2.11. The molecule has 0 radical (unpaired) electrons. The van der Waals surface area contributed by atoms with E-state index in [1.165, 1.54) is 0 Å². The molecule has 1 amide bonds. The molecule has 1 N–H and O–H groups in total. The topological polar surface area (TPSA) is 86.5 Å². The summed E-state index contributed by atoms with van der Waals surface area (Å²) in [6, 6.07) is 7.07. The van der Waals surface area contributed by atoms with Crippen LogP contribution in [0.25, 0.3) is 0 Å². The molecule has 1 atom stereocenters. The fourth-order valence-corrected chi connectivity index (χ4v) is 2.14. The van der Waals surface area contributed by atoms with Gasteiger partial charge in [-0.25, -0.2) is 0 Å². The molecule has 1 fully saturated rings. The van der Waals surface area contributed by atoms with Gasteiger partial charge in [-0.05, 0) is 44.0 Å². The summed E-state index contributed by atoms with van der Waals surface area (Å²) < 4.78 is 16.1. The zero-order valence-corrected chi connectivity index (χ0v) is 14.1. The molecule has 1 heterocycles. The molecule has 7 nitrogen and oxygen atoms in total. The number of carbonyl (C=O) groups excluding carboxylic acids is 1. The second kappa shape index (κ2) is 7.94. The van der Waals surface area contributed by atoms with Crippen LogP contribution in [0.4, 0.5) is 5.69 Å². The highest BCUT2D eigenvalue weighted by atomic mass is 16.5. The van der Waals surface area contributed by atoms with E-state index in [-0.39, 0.29) is 12.5 Å². The Morgan fingerprint density at radius 3 is 2.88 bits per heavy atom. The maximum atomic E-state index is 11.9. The zero-order chi connectivity index (χ0) is 17.6. The van der Waals surface area contributed by atoms with Crippen molar-refractivity contribution in [2.75, 3.05) is 11.9 Å². The summed E-state index contributed by atoms with van der Waals surface area (Å²) in [5, 5.41) is 6.69. The van der Waals surface area contributed by atoms with E-state index in [1.807, 2.05) is 0 Å². The highest BCUT2D eigenvalue weighted by molar-refractivity contribution is 5.93. The molecule has 0 bridgehead atoms. The number of amides is 1. The van der Waals surface area contributed by atoms with Crippen LogP contribution in [0, 0.1) is 0 Å². The fourth-order valence-electron chi connectivity index (χ4n) is 2.14. The molecule has 1 unspecified atom stereocenters. The molecule has 0 spiro atoms. The van der Waals surface area contributed by atoms with Gasteiger partial charge >= 0.3 is 0 Å². The maximum Gasteiger partial charge on any atom is 0.253 e. The normalized spacial score (nSPS) is 14.8. The van der Waals surface area contributed by atoms with Crippen molar-refractivity contribution in [2.24, 2.45) is 0 Å². The lowest BCUT2D eigenvalue weighted by molar-refractivity contribution is -0.125. The van der Waals surface area contributed by atoms with Crippen LogP contribution in [-0.2, 0) is 16.1 Å². The molecule has 1 saturated carbocycles. The van der Waals surface area contributed by atoms with Crippen molar-refractivity contribution in [3.05, 3.63) is 48.6 Å². The molecule has 0 saturated heterocycles. The zero-order valence-electron chi connectivity index (χ0n) is 14.1. The van der Waals surface area contributed by atoms with E-state index in [4.69, 9.17) is 14.0 Å². The number of carbonyl (C=O) groups is 1. The van der Waals surface area contributed by atoms with Gasteiger partial charge in [-0.3, -0.25) is 4.79 Å². The summed E-state index contributed by atoms with van der Waals surface area (Å²) in [6.45, 7) is 5.82. The van der Waals surface area contributed by atoms with Crippen LogP contribution in [0.2, 0.25) is 0 Å². The van der Waals surface area contributed by atoms with Gasteiger partial charge in [-0.15, -0.1) is 6.58 Å². The summed E-state index contributed by atoms with van der Waals surface area (Å²) in [4.78, 5) is 16.3. The van der Waals surface area contributed by atoms with E-state index in [2.05, 4.69) is 22.0 Å². The van der Waals surface area contributed by atoms with Crippen LogP contribution < -0.4 is 10.1 Å². The number of aromatic nitrogens is 2. The molecule has 3 rings (SSSR count). The van der Waals surface area contributed by atoms with Gasteiger partial charge < -0.3 is 19.3 Å². The third kappa shape index (κ3) is 4.90. The molecule has 0 aliphatic heterocycles. The van der Waals surface area contributed by atoms with Gasteiger partial charge in [0.2, 0.25) is 11.7 Å². The molecular formula is C18H21N3O4. The molecule has 2 aromatic rings. The predicted octanol–water partition coefficient (Wildman–Crippen LogP) is 3.06. The Hall–Kier alpha value is -2.67. The van der Waals surface area contributed by atoms with Gasteiger partial charge in [0.1, 0.15) is 11.9 Å². The van der Waals surface area contributed by atoms with Crippen molar-refractivity contribution < 1.29 is 18.8 Å². The Bertz CT molecular complexity index is 722. The van der Waals surface area contributed by atoms with Crippen molar-refractivity contribution in [1.29, 1.82) is 0 Å². The van der Waals surface area contributed by atoms with Crippen LogP contribution in [0.15, 0.2) is 41.4 Å². The first-order valence-corrected chi connectivity index (χ1v) is 8.24. The van der Waals surface area contributed by atoms with E-state index >= 15 is 0 Å². The molecule has 7 heteroatoms. The number of ether oxygens (including phenoxy) is 2. The van der Waals surface area contributed by atoms with Crippen molar-refractivity contribution in [3.63, 3.8) is 0 Å². The number of nitrogens with zero attached hydrogens (tertiary/aromatic N) is 2. The van der Waals surface area contributed by atoms with Gasteiger partial charge in [0.15, 0.2) is 6.61 Å². The Morgan fingerprint density at radius 1 is 1.44 bits per heavy atom. The highest BCUT2D eigenvalue weighted by Crippen LogP contribution is 2.38. The average molecular weight is 343 g/mol. The lowest BCUT2D eigenvalue weighted by Gasteiger charge is -2.12. The van der Waals surface area contributed by atoms with Gasteiger partial charge in [0.05, 0.1) is 6.61 Å². The van der Waals surface area contributed by atoms with Crippen molar-refractivity contribution in [3.8, 4) is 5.75 Å². The Morgan fingerprint density at radius 2 is 2.20 bits per heavy atom. The van der Waals surface area contributed by atoms with Crippen LogP contribution in [0.5, 0.6) is 5.75 Å². The Kier molecular flexibility index (Phi) is 5.45. The Labute approximate surface area is 146 Å². The first-order chi connectivity index (χ1) is 12.2. The van der Waals surface area contributed by atoms with E-state index in [0.717, 1.165) is 12.8 Å². The first-order valence-electron chi connectivity index (χ1n) is 8.24. The largest absolute Gasteiger partial charge is 0.485 e. The third-order valence-corrected chi connectivity index (χ3v) is 3.73. The third-order valence-electron chi connectivity index (χ3n) is 3.73. The fraction of sp³-hybridized carbons (Fsp3) is 0.389. The SMILES string of the molecule is C=CCOC(C)C(=O)Nc1ccc(OCc2noc(C3CC3)n2)cc1. The molecular weight excluding hydrogens is 322 g/mol. The molecule has 1 aromatic heterocycles. The number of rotatable bonds is 9. The highest BCUT2D eigenvalue weighted by Gasteiger charge is 2.29. The molecule has 1 aliphatic carbocycles. The van der Waals surface area contributed by atoms with Crippen LogP contribution in [0.3, 0.4) is 0 Å². The van der Waals surface area contributed by atoms with Crippen molar-refractivity contribution >= 4 is 11.6 Å². The van der Waals surface area contributed by atoms with Gasteiger partial charge in [-0.1, -0.05) is 11.2 Å². The number of anilines is 1. The van der Waals surface area contributed by atoms with Crippen LogP contribution >= 0.6 is 0 Å². The second-order valence-electron chi connectivity index (χ2n) is 5.89. The quantitative estimate of drug-likeness (QED) is 0.704. The molecule has 132 valence electrons. The molecule has 1 aromatic carbocycles. The smallest absolute Gasteiger partial charge is 0.253 e. The minimum atomic E-state index is -0.548. The lowest BCUT2D eigenvalue weighted by atomic mass is 10.3. The second-order valence-corrected chi connectivity index (χ2v) is 5.89. The summed E-state index contributed by atoms with van der Waals surface area (Å²) in [5.41, 5.74) is 0.669. The van der Waals surface area contributed by atoms with Crippen molar-refractivity contribution in [1.82, 2.24) is 10.1 Å². The average Bonchev–Trinajstić information content (AvgIpc) is 3.37. The number of hydrogen-bond donors (Lipinski definition) is 1. The number of hydrogen-bond acceptors (Lipinski definition) is 6. The van der Waals surface area contributed by atoms with Crippen molar-refractivity contribution in [2.45, 2.75) is 38.4 Å². The van der Waals surface area contributed by atoms with Gasteiger partial charge in [0, 0.05) is 11.6 Å². The summed E-state index contributed by atoms with van der Waals surface area (Å²) in [7, 11) is 0. The number of nitrogens with one attached hydrogen (secondary N) is 1. The summed E-state index contributed by atoms with van der Waals surface area (Å²) >= 11 is 0. The van der Waals surface area contributed by atoms with Crippen LogP contribution in [0.1, 0.15) is 37.4 Å². The lowest BCUT2D eigenvalue weighted by Crippen LogP contribution is -2.27.